The number of aromatic nitrogens is 2. The van der Waals surface area contributed by atoms with Gasteiger partial charge in [-0.05, 0) is 50.5 Å². The summed E-state index contributed by atoms with van der Waals surface area (Å²) in [5.74, 6) is 0.165. The van der Waals surface area contributed by atoms with Crippen molar-refractivity contribution in [3.63, 3.8) is 0 Å². The minimum atomic E-state index is -0.340. The molecule has 0 unspecified atom stereocenters. The normalized spacial score (nSPS) is 13.6. The number of pyridine rings is 1. The van der Waals surface area contributed by atoms with Crippen molar-refractivity contribution >= 4 is 29.1 Å². The minimum Gasteiger partial charge on any atom is -0.390 e. The Balaban J connectivity index is 1.79. The van der Waals surface area contributed by atoms with Crippen molar-refractivity contribution < 1.29 is 14.4 Å². The van der Waals surface area contributed by atoms with Crippen LogP contribution in [-0.2, 0) is 19.6 Å². The van der Waals surface area contributed by atoms with E-state index < -0.39 is 0 Å². The van der Waals surface area contributed by atoms with Gasteiger partial charge in [0.2, 0.25) is 0 Å². The van der Waals surface area contributed by atoms with Gasteiger partial charge < -0.3 is 19.5 Å². The Bertz CT molecular complexity index is 1260. The van der Waals surface area contributed by atoms with E-state index >= 15 is 0 Å². The molecule has 3 heterocycles. The summed E-state index contributed by atoms with van der Waals surface area (Å²) in [5, 5.41) is 14.1. The number of hydrogen-bond acceptors (Lipinski definition) is 5. The number of rotatable bonds is 4. The number of hydrogen-bond donors (Lipinski definition) is 2. The van der Waals surface area contributed by atoms with Crippen molar-refractivity contribution in [2.24, 2.45) is 0 Å². The number of fused-ring (bicyclic) bond motifs is 1. The molecule has 0 bridgehead atoms. The maximum absolute atomic E-state index is 13.4. The summed E-state index contributed by atoms with van der Waals surface area (Å²) in [7, 11) is 0. The molecule has 0 atom stereocenters. The van der Waals surface area contributed by atoms with Gasteiger partial charge in [0.15, 0.2) is 0 Å². The number of benzene rings is 1. The van der Waals surface area contributed by atoms with Crippen LogP contribution in [0.25, 0.3) is 11.1 Å². The Morgan fingerprint density at radius 2 is 1.94 bits per heavy atom. The molecule has 0 radical (unpaired) electrons. The van der Waals surface area contributed by atoms with Crippen molar-refractivity contribution in [1.82, 2.24) is 15.0 Å². The number of aromatic amines is 1. The van der Waals surface area contributed by atoms with Gasteiger partial charge in [0, 0.05) is 28.4 Å². The van der Waals surface area contributed by atoms with Crippen LogP contribution in [-0.4, -0.2) is 32.6 Å². The molecule has 7 nitrogen and oxygen atoms in total. The highest BCUT2D eigenvalue weighted by molar-refractivity contribution is 6.39. The first-order chi connectivity index (χ1) is 14.7. The topological polar surface area (TPSA) is 99.4 Å². The van der Waals surface area contributed by atoms with Gasteiger partial charge >= 0.3 is 0 Å². The smallest absolute Gasteiger partial charge is 0.256 e. The molecule has 1 aliphatic heterocycles. The van der Waals surface area contributed by atoms with Gasteiger partial charge in [0.25, 0.3) is 11.5 Å². The van der Waals surface area contributed by atoms with E-state index in [1.165, 1.54) is 0 Å². The van der Waals surface area contributed by atoms with Crippen molar-refractivity contribution in [2.45, 2.75) is 40.3 Å². The summed E-state index contributed by atoms with van der Waals surface area (Å²) >= 11 is 13.2. The summed E-state index contributed by atoms with van der Waals surface area (Å²) in [6.07, 6.45) is 0.512. The Morgan fingerprint density at radius 1 is 1.19 bits per heavy atom. The van der Waals surface area contributed by atoms with Crippen molar-refractivity contribution in [3.05, 3.63) is 71.9 Å². The molecule has 1 aromatic carbocycles. The molecule has 4 rings (SSSR count). The Labute approximate surface area is 188 Å². The summed E-state index contributed by atoms with van der Waals surface area (Å²) in [4.78, 5) is 30.3. The maximum Gasteiger partial charge on any atom is 0.256 e. The summed E-state index contributed by atoms with van der Waals surface area (Å²) in [6, 6.07) is 3.56. The Kier molecular flexibility index (Phi) is 5.68. The van der Waals surface area contributed by atoms with Gasteiger partial charge in [-0.2, -0.15) is 0 Å². The van der Waals surface area contributed by atoms with Crippen LogP contribution >= 0.6 is 23.2 Å². The molecule has 162 valence electrons. The number of carbonyl (C=O) groups is 1. The molecule has 0 saturated heterocycles. The van der Waals surface area contributed by atoms with Gasteiger partial charge in [-0.15, -0.1) is 0 Å². The number of amides is 1. The van der Waals surface area contributed by atoms with Crippen LogP contribution in [0.1, 0.15) is 44.2 Å². The molecule has 0 spiro atoms. The van der Waals surface area contributed by atoms with Crippen LogP contribution in [0.5, 0.6) is 0 Å². The second-order valence-electron chi connectivity index (χ2n) is 7.71. The van der Waals surface area contributed by atoms with Gasteiger partial charge in [0.05, 0.1) is 29.3 Å². The first kappa shape index (κ1) is 21.6. The highest BCUT2D eigenvalue weighted by Gasteiger charge is 2.32. The molecule has 2 aromatic heterocycles. The van der Waals surface area contributed by atoms with E-state index in [9.17, 15) is 14.7 Å². The third-order valence-electron chi connectivity index (χ3n) is 5.65. The molecule has 3 aromatic rings. The van der Waals surface area contributed by atoms with Crippen LogP contribution in [0, 0.1) is 20.8 Å². The molecule has 2 N–H and O–H groups in total. The predicted molar refractivity (Wildman–Crippen MR) is 118 cm³/mol. The summed E-state index contributed by atoms with van der Waals surface area (Å²) in [6.45, 7) is 5.62. The average Bonchev–Trinajstić information content (AvgIpc) is 3.08. The quantitative estimate of drug-likeness (QED) is 0.612. The molecule has 9 heteroatoms. The number of nitrogens with one attached hydrogen (secondary N) is 1. The lowest BCUT2D eigenvalue weighted by atomic mass is 9.92. The summed E-state index contributed by atoms with van der Waals surface area (Å²) < 4.78 is 5.20. The molecule has 0 saturated carbocycles. The van der Waals surface area contributed by atoms with E-state index in [0.29, 0.717) is 57.3 Å². The molecular formula is C22H21Cl2N3O4. The number of carbonyl (C=O) groups excluding carboxylic acids is 1. The van der Waals surface area contributed by atoms with Crippen molar-refractivity contribution in [3.8, 4) is 11.1 Å². The number of aryl methyl sites for hydroxylation is 3. The third kappa shape index (κ3) is 3.67. The van der Waals surface area contributed by atoms with E-state index in [1.54, 1.807) is 17.9 Å². The van der Waals surface area contributed by atoms with E-state index in [1.807, 2.05) is 19.9 Å². The fourth-order valence-electron chi connectivity index (χ4n) is 4.11. The molecule has 31 heavy (non-hydrogen) atoms. The highest BCUT2D eigenvalue weighted by atomic mass is 35.5. The third-order valence-corrected chi connectivity index (χ3v) is 6.37. The lowest BCUT2D eigenvalue weighted by Crippen LogP contribution is -2.39. The lowest BCUT2D eigenvalue weighted by molar-refractivity contribution is 0.0726. The zero-order valence-corrected chi connectivity index (χ0v) is 18.8. The Morgan fingerprint density at radius 3 is 2.61 bits per heavy atom. The highest BCUT2D eigenvalue weighted by Crippen LogP contribution is 2.41. The molecule has 0 aliphatic carbocycles. The van der Waals surface area contributed by atoms with Gasteiger partial charge in [-0.25, -0.2) is 0 Å². The average molecular weight is 462 g/mol. The monoisotopic (exact) mass is 461 g/mol. The second-order valence-corrected chi connectivity index (χ2v) is 8.50. The molecule has 1 amide bonds. The van der Waals surface area contributed by atoms with Crippen molar-refractivity contribution in [1.29, 1.82) is 0 Å². The predicted octanol–water partition coefficient (Wildman–Crippen LogP) is 3.95. The molecule has 0 fully saturated rings. The van der Waals surface area contributed by atoms with Crippen LogP contribution in [0.4, 0.5) is 0 Å². The SMILES string of the molecule is Cc1cc(C)c(CN2CCc3c(Cl)cc(-c4c(CO)noc4C)c(Cl)c3C2=O)c(=O)[nH]1. The van der Waals surface area contributed by atoms with E-state index in [2.05, 4.69) is 10.1 Å². The zero-order chi connectivity index (χ0) is 22.4. The number of H-pyrrole nitrogens is 1. The van der Waals surface area contributed by atoms with Crippen LogP contribution in [0.3, 0.4) is 0 Å². The maximum atomic E-state index is 13.4. The lowest BCUT2D eigenvalue weighted by Gasteiger charge is -2.30. The van der Waals surface area contributed by atoms with Crippen LogP contribution in [0.15, 0.2) is 21.5 Å². The largest absolute Gasteiger partial charge is 0.390 e. The van der Waals surface area contributed by atoms with E-state index in [4.69, 9.17) is 27.7 Å². The van der Waals surface area contributed by atoms with Gasteiger partial charge in [-0.3, -0.25) is 9.59 Å². The second kappa shape index (κ2) is 8.15. The first-order valence-electron chi connectivity index (χ1n) is 9.78. The summed E-state index contributed by atoms with van der Waals surface area (Å²) in [5.41, 5.74) is 4.22. The number of nitrogens with zero attached hydrogens (tertiary/aromatic N) is 2. The molecular weight excluding hydrogens is 441 g/mol. The molecule has 1 aliphatic rings. The number of aliphatic hydroxyl groups is 1. The standard InChI is InChI=1S/C22H21Cl2N3O4/c1-10-6-11(2)25-21(29)15(10)8-27-5-4-13-16(23)7-14(20(24)19(13)22(27)30)18-12(3)31-26-17(18)9-28/h6-7,28H,4-5,8-9H2,1-3H3,(H,25,29). The number of aliphatic hydroxyl groups excluding tert-OH is 1. The van der Waals surface area contributed by atoms with E-state index in [0.717, 1.165) is 11.3 Å². The zero-order valence-electron chi connectivity index (χ0n) is 17.3. The van der Waals surface area contributed by atoms with Crippen LogP contribution < -0.4 is 5.56 Å². The van der Waals surface area contributed by atoms with Gasteiger partial charge in [0.1, 0.15) is 11.5 Å². The number of halogens is 2. The Hall–Kier alpha value is -2.61. The van der Waals surface area contributed by atoms with E-state index in [-0.39, 0.29) is 29.6 Å². The van der Waals surface area contributed by atoms with Gasteiger partial charge in [-0.1, -0.05) is 28.4 Å². The minimum absolute atomic E-state index is 0.173. The van der Waals surface area contributed by atoms with Crippen molar-refractivity contribution in [2.75, 3.05) is 6.54 Å². The fourth-order valence-corrected chi connectivity index (χ4v) is 4.75. The fraction of sp³-hybridized carbons (Fsp3) is 0.318. The van der Waals surface area contributed by atoms with Crippen LogP contribution in [0.2, 0.25) is 10.0 Å². The first-order valence-corrected chi connectivity index (χ1v) is 10.5.